The first kappa shape index (κ1) is 17.6. The lowest BCUT2D eigenvalue weighted by Gasteiger charge is -2.38. The number of nitrogens with one attached hydrogen (secondary N) is 1. The molecule has 1 heterocycles. The van der Waals surface area contributed by atoms with E-state index in [1.807, 2.05) is 0 Å². The van der Waals surface area contributed by atoms with Crippen molar-refractivity contribution >= 4 is 46.4 Å². The maximum atomic E-state index is 12.7. The molecule has 1 aliphatic rings. The van der Waals surface area contributed by atoms with Gasteiger partial charge < -0.3 is 10.1 Å². The second-order valence-corrected chi connectivity index (χ2v) is 7.05. The summed E-state index contributed by atoms with van der Waals surface area (Å²) in [5.74, 6) is -0.160. The van der Waals surface area contributed by atoms with Crippen LogP contribution >= 0.6 is 23.2 Å². The predicted octanol–water partition coefficient (Wildman–Crippen LogP) is 4.14. The molecule has 130 valence electrons. The Balaban J connectivity index is 1.86. The number of fused-ring (bicyclic) bond motifs is 1. The number of carbonyl (C=O) groups excluding carboxylic acids is 2. The Morgan fingerprint density at radius 2 is 1.88 bits per heavy atom. The Labute approximate surface area is 155 Å². The van der Waals surface area contributed by atoms with Crippen molar-refractivity contribution < 1.29 is 14.3 Å². The zero-order chi connectivity index (χ0) is 18.2. The molecule has 0 atom stereocenters. The number of nitrogens with zero attached hydrogens (tertiary/aromatic N) is 1. The first-order valence-electron chi connectivity index (χ1n) is 7.62. The maximum absolute atomic E-state index is 12.7. The van der Waals surface area contributed by atoms with Crippen LogP contribution in [0.2, 0.25) is 10.0 Å². The molecule has 0 unspecified atom stereocenters. The summed E-state index contributed by atoms with van der Waals surface area (Å²) in [5, 5.41) is 3.70. The van der Waals surface area contributed by atoms with E-state index in [4.69, 9.17) is 27.9 Å². The number of hydrogen-bond acceptors (Lipinski definition) is 3. The third kappa shape index (κ3) is 3.72. The van der Waals surface area contributed by atoms with Crippen LogP contribution in [-0.2, 0) is 9.59 Å². The van der Waals surface area contributed by atoms with E-state index in [1.54, 1.807) is 56.3 Å². The van der Waals surface area contributed by atoms with Crippen LogP contribution in [0.15, 0.2) is 42.5 Å². The Morgan fingerprint density at radius 3 is 2.60 bits per heavy atom. The molecule has 5 nitrogen and oxygen atoms in total. The molecular formula is C18H16Cl2N2O3. The van der Waals surface area contributed by atoms with Gasteiger partial charge in [0.05, 0.1) is 5.69 Å². The average Bonchev–Trinajstić information content (AvgIpc) is 2.52. The lowest BCUT2D eigenvalue weighted by molar-refractivity contribution is -0.133. The van der Waals surface area contributed by atoms with E-state index in [1.165, 1.54) is 4.90 Å². The quantitative estimate of drug-likeness (QED) is 0.872. The molecule has 3 rings (SSSR count). The van der Waals surface area contributed by atoms with Crippen molar-refractivity contribution in [2.45, 2.75) is 19.4 Å². The van der Waals surface area contributed by atoms with Gasteiger partial charge in [-0.1, -0.05) is 29.3 Å². The molecule has 0 saturated heterocycles. The highest BCUT2D eigenvalue weighted by Gasteiger charge is 2.41. The van der Waals surface area contributed by atoms with Crippen LogP contribution in [0.4, 0.5) is 11.4 Å². The summed E-state index contributed by atoms with van der Waals surface area (Å²) in [4.78, 5) is 26.5. The van der Waals surface area contributed by atoms with Gasteiger partial charge in [0.1, 0.15) is 12.3 Å². The second-order valence-electron chi connectivity index (χ2n) is 6.17. The molecule has 2 aromatic rings. The molecule has 0 saturated carbocycles. The summed E-state index contributed by atoms with van der Waals surface area (Å²) < 4.78 is 5.73. The third-order valence-corrected chi connectivity index (χ3v) is 4.22. The highest BCUT2D eigenvalue weighted by molar-refractivity contribution is 6.31. The number of halogens is 2. The van der Waals surface area contributed by atoms with Crippen molar-refractivity contribution in [3.8, 4) is 5.75 Å². The summed E-state index contributed by atoms with van der Waals surface area (Å²) in [5.41, 5.74) is -0.0428. The molecular weight excluding hydrogens is 363 g/mol. The number of rotatable bonds is 3. The first-order chi connectivity index (χ1) is 11.8. The molecule has 1 N–H and O–H groups in total. The largest absolute Gasteiger partial charge is 0.476 e. The number of ether oxygens (including phenoxy) is 1. The molecule has 25 heavy (non-hydrogen) atoms. The van der Waals surface area contributed by atoms with Gasteiger partial charge in [-0.15, -0.1) is 0 Å². The van der Waals surface area contributed by atoms with Crippen LogP contribution in [0.3, 0.4) is 0 Å². The van der Waals surface area contributed by atoms with Gasteiger partial charge in [-0.2, -0.15) is 0 Å². The van der Waals surface area contributed by atoms with Crippen molar-refractivity contribution in [2.75, 3.05) is 16.8 Å². The molecule has 0 spiro atoms. The highest BCUT2D eigenvalue weighted by atomic mass is 35.5. The molecule has 0 aromatic heterocycles. The third-order valence-electron chi connectivity index (χ3n) is 3.75. The summed E-state index contributed by atoms with van der Waals surface area (Å²) in [7, 11) is 0. The SMILES string of the molecule is CC1(C)Oc2ccc(Cl)cc2N(CC(=O)Nc2cccc(Cl)c2)C1=O. The molecule has 0 fully saturated rings. The summed E-state index contributed by atoms with van der Waals surface area (Å²) >= 11 is 12.0. The minimum absolute atomic E-state index is 0.161. The lowest BCUT2D eigenvalue weighted by atomic mass is 10.0. The van der Waals surface area contributed by atoms with Crippen molar-refractivity contribution in [1.82, 2.24) is 0 Å². The van der Waals surface area contributed by atoms with Gasteiger partial charge in [-0.25, -0.2) is 0 Å². The van der Waals surface area contributed by atoms with Gasteiger partial charge in [-0.05, 0) is 50.2 Å². The van der Waals surface area contributed by atoms with E-state index in [9.17, 15) is 9.59 Å². The molecule has 7 heteroatoms. The van der Waals surface area contributed by atoms with Crippen molar-refractivity contribution in [1.29, 1.82) is 0 Å². The van der Waals surface area contributed by atoms with Crippen molar-refractivity contribution in [3.05, 3.63) is 52.5 Å². The molecule has 2 aromatic carbocycles. The first-order valence-corrected chi connectivity index (χ1v) is 8.38. The Kier molecular flexibility index (Phi) is 4.62. The fourth-order valence-corrected chi connectivity index (χ4v) is 2.96. The van der Waals surface area contributed by atoms with Gasteiger partial charge >= 0.3 is 0 Å². The van der Waals surface area contributed by atoms with Gasteiger partial charge in [0, 0.05) is 15.7 Å². The molecule has 2 amide bonds. The summed E-state index contributed by atoms with van der Waals surface area (Å²) in [6.45, 7) is 3.16. The van der Waals surface area contributed by atoms with Crippen LogP contribution in [0, 0.1) is 0 Å². The van der Waals surface area contributed by atoms with Gasteiger partial charge in [-0.3, -0.25) is 14.5 Å². The van der Waals surface area contributed by atoms with Crippen LogP contribution in [0.1, 0.15) is 13.8 Å². The van der Waals surface area contributed by atoms with Crippen LogP contribution in [0.5, 0.6) is 5.75 Å². The molecule has 1 aliphatic heterocycles. The number of hydrogen-bond donors (Lipinski definition) is 1. The predicted molar refractivity (Wildman–Crippen MR) is 98.6 cm³/mol. The van der Waals surface area contributed by atoms with E-state index >= 15 is 0 Å². The number of benzene rings is 2. The van der Waals surface area contributed by atoms with Gasteiger partial charge in [0.15, 0.2) is 5.60 Å². The number of anilines is 2. The lowest BCUT2D eigenvalue weighted by Crippen LogP contribution is -2.54. The van der Waals surface area contributed by atoms with Crippen LogP contribution in [0.25, 0.3) is 0 Å². The topological polar surface area (TPSA) is 58.6 Å². The maximum Gasteiger partial charge on any atom is 0.271 e. The fourth-order valence-electron chi connectivity index (χ4n) is 2.61. The standard InChI is InChI=1S/C18H16Cl2N2O3/c1-18(2)17(24)22(14-9-12(20)6-7-15(14)25-18)10-16(23)21-13-5-3-4-11(19)8-13/h3-9H,10H2,1-2H3,(H,21,23). The molecule has 0 radical (unpaired) electrons. The second kappa shape index (κ2) is 6.58. The van der Waals surface area contributed by atoms with E-state index in [0.29, 0.717) is 27.2 Å². The van der Waals surface area contributed by atoms with Crippen molar-refractivity contribution in [3.63, 3.8) is 0 Å². The van der Waals surface area contributed by atoms with Gasteiger partial charge in [0.2, 0.25) is 5.91 Å². The monoisotopic (exact) mass is 378 g/mol. The zero-order valence-electron chi connectivity index (χ0n) is 13.7. The zero-order valence-corrected chi connectivity index (χ0v) is 15.2. The highest BCUT2D eigenvalue weighted by Crippen LogP contribution is 2.39. The smallest absolute Gasteiger partial charge is 0.271 e. The van der Waals surface area contributed by atoms with E-state index in [2.05, 4.69) is 5.32 Å². The minimum atomic E-state index is -1.07. The van der Waals surface area contributed by atoms with E-state index in [-0.39, 0.29) is 18.4 Å². The fraction of sp³-hybridized carbons (Fsp3) is 0.222. The van der Waals surface area contributed by atoms with E-state index < -0.39 is 5.60 Å². The Bertz CT molecular complexity index is 852. The van der Waals surface area contributed by atoms with E-state index in [0.717, 1.165) is 0 Å². The molecule has 0 bridgehead atoms. The number of carbonyl (C=O) groups is 2. The Morgan fingerprint density at radius 1 is 1.16 bits per heavy atom. The minimum Gasteiger partial charge on any atom is -0.476 e. The van der Waals surface area contributed by atoms with Crippen LogP contribution in [-0.4, -0.2) is 24.0 Å². The normalized spacial score (nSPS) is 15.4. The summed E-state index contributed by atoms with van der Waals surface area (Å²) in [6, 6.07) is 11.8. The van der Waals surface area contributed by atoms with Crippen molar-refractivity contribution in [2.24, 2.45) is 0 Å². The Hall–Kier alpha value is -2.24. The molecule has 0 aliphatic carbocycles. The van der Waals surface area contributed by atoms with Gasteiger partial charge in [0.25, 0.3) is 5.91 Å². The van der Waals surface area contributed by atoms with Crippen LogP contribution < -0.4 is 15.0 Å². The summed E-state index contributed by atoms with van der Waals surface area (Å²) in [6.07, 6.45) is 0. The average molecular weight is 379 g/mol. The number of amides is 2.